The van der Waals surface area contributed by atoms with Crippen molar-refractivity contribution >= 4 is 39.1 Å². The smallest absolute Gasteiger partial charge is 0.339 e. The molecule has 0 radical (unpaired) electrons. The number of aliphatic hydroxyl groups excluding tert-OH is 1. The van der Waals surface area contributed by atoms with Gasteiger partial charge in [-0.25, -0.2) is 9.78 Å². The molecular weight excluding hydrogens is 396 g/mol. The third-order valence-corrected chi connectivity index (χ3v) is 4.63. The number of fused-ring (bicyclic) bond motifs is 1. The predicted octanol–water partition coefficient (Wildman–Crippen LogP) is 3.93. The Kier molecular flexibility index (Phi) is 4.62. The third kappa shape index (κ3) is 2.92. The number of hydrogen-bond donors (Lipinski definition) is 1. The molecule has 1 N–H and O–H groups in total. The van der Waals surface area contributed by atoms with Crippen LogP contribution in [0.2, 0.25) is 5.15 Å². The van der Waals surface area contributed by atoms with E-state index in [-0.39, 0.29) is 5.15 Å². The second kappa shape index (κ2) is 6.55. The zero-order chi connectivity index (χ0) is 17.4. The molecule has 3 aromatic rings. The monoisotopic (exact) mass is 408 g/mol. The molecule has 0 saturated carbocycles. The van der Waals surface area contributed by atoms with Gasteiger partial charge in [-0.1, -0.05) is 39.7 Å². The van der Waals surface area contributed by atoms with Gasteiger partial charge >= 0.3 is 5.97 Å². The van der Waals surface area contributed by atoms with Gasteiger partial charge in [0.25, 0.3) is 0 Å². The summed E-state index contributed by atoms with van der Waals surface area (Å²) in [5.74, 6) is -0.758. The Morgan fingerprint density at radius 2 is 2.17 bits per heavy atom. The highest BCUT2D eigenvalue weighted by Crippen LogP contribution is 2.31. The highest BCUT2D eigenvalue weighted by molar-refractivity contribution is 9.10. The van der Waals surface area contributed by atoms with Gasteiger partial charge in [0.2, 0.25) is 0 Å². The van der Waals surface area contributed by atoms with Gasteiger partial charge in [0.1, 0.15) is 10.8 Å². The van der Waals surface area contributed by atoms with E-state index in [1.807, 2.05) is 24.3 Å². The number of esters is 1. The van der Waals surface area contributed by atoms with Crippen molar-refractivity contribution in [2.45, 2.75) is 13.0 Å². The molecule has 0 fully saturated rings. The molecule has 3 rings (SSSR count). The number of aryl methyl sites for hydroxylation is 1. The number of aliphatic hydroxyl groups is 1. The molecule has 2 heterocycles. The number of pyridine rings is 1. The summed E-state index contributed by atoms with van der Waals surface area (Å²) in [5, 5.41) is 10.4. The molecular formula is C17H14BrClN2O3. The molecule has 124 valence electrons. The van der Waals surface area contributed by atoms with E-state index in [4.69, 9.17) is 11.6 Å². The zero-order valence-corrected chi connectivity index (χ0v) is 15.3. The van der Waals surface area contributed by atoms with Crippen molar-refractivity contribution in [3.63, 3.8) is 0 Å². The van der Waals surface area contributed by atoms with Gasteiger partial charge < -0.3 is 9.84 Å². The van der Waals surface area contributed by atoms with Gasteiger partial charge in [-0.05, 0) is 30.7 Å². The lowest BCUT2D eigenvalue weighted by Gasteiger charge is -2.14. The normalized spacial score (nSPS) is 12.4. The van der Waals surface area contributed by atoms with Crippen LogP contribution in [0.1, 0.15) is 17.2 Å². The SMILES string of the molecule is COC(=O)C(O)c1c(C)cc2nc(-c3cccc(Br)c3)cn2c1Cl. The molecule has 1 atom stereocenters. The second-order valence-electron chi connectivity index (χ2n) is 5.32. The molecule has 0 spiro atoms. The molecule has 0 amide bonds. The Labute approximate surface area is 152 Å². The summed E-state index contributed by atoms with van der Waals surface area (Å²) in [4.78, 5) is 16.2. The maximum absolute atomic E-state index is 11.7. The summed E-state index contributed by atoms with van der Waals surface area (Å²) in [7, 11) is 1.22. The second-order valence-corrected chi connectivity index (χ2v) is 6.60. The lowest BCUT2D eigenvalue weighted by molar-refractivity contribution is -0.150. The van der Waals surface area contributed by atoms with Crippen LogP contribution in [0.5, 0.6) is 0 Å². The average Bonchev–Trinajstić information content (AvgIpc) is 2.98. The fourth-order valence-corrected chi connectivity index (χ4v) is 3.35. The number of hydrogen-bond acceptors (Lipinski definition) is 4. The summed E-state index contributed by atoms with van der Waals surface area (Å²) in [6.07, 6.45) is 0.329. The molecule has 5 nitrogen and oxygen atoms in total. The van der Waals surface area contributed by atoms with Crippen molar-refractivity contribution in [3.8, 4) is 11.3 Å². The van der Waals surface area contributed by atoms with E-state index in [1.165, 1.54) is 7.11 Å². The van der Waals surface area contributed by atoms with Crippen LogP contribution >= 0.6 is 27.5 Å². The molecule has 0 aliphatic rings. The number of carbonyl (C=O) groups is 1. The minimum absolute atomic E-state index is 0.233. The third-order valence-electron chi connectivity index (χ3n) is 3.76. The first-order valence-corrected chi connectivity index (χ1v) is 8.29. The molecule has 1 aromatic carbocycles. The van der Waals surface area contributed by atoms with Crippen LogP contribution in [0.25, 0.3) is 16.9 Å². The van der Waals surface area contributed by atoms with Crippen molar-refractivity contribution in [2.24, 2.45) is 0 Å². The molecule has 24 heavy (non-hydrogen) atoms. The molecule has 1 unspecified atom stereocenters. The van der Waals surface area contributed by atoms with E-state index in [0.29, 0.717) is 16.8 Å². The Balaban J connectivity index is 2.17. The fourth-order valence-electron chi connectivity index (χ4n) is 2.56. The summed E-state index contributed by atoms with van der Waals surface area (Å²) in [6, 6.07) is 9.52. The first kappa shape index (κ1) is 17.0. The molecule has 7 heteroatoms. The minimum Gasteiger partial charge on any atom is -0.467 e. The summed E-state index contributed by atoms with van der Waals surface area (Å²) in [6.45, 7) is 1.76. The topological polar surface area (TPSA) is 63.8 Å². The number of nitrogens with zero attached hydrogens (tertiary/aromatic N) is 2. The van der Waals surface area contributed by atoms with Crippen molar-refractivity contribution < 1.29 is 14.6 Å². The van der Waals surface area contributed by atoms with Crippen LogP contribution in [-0.4, -0.2) is 27.6 Å². The lowest BCUT2D eigenvalue weighted by Crippen LogP contribution is -2.16. The van der Waals surface area contributed by atoms with Crippen molar-refractivity contribution in [1.29, 1.82) is 0 Å². The van der Waals surface area contributed by atoms with E-state index >= 15 is 0 Å². The van der Waals surface area contributed by atoms with Gasteiger partial charge in [0, 0.05) is 21.8 Å². The highest BCUT2D eigenvalue weighted by atomic mass is 79.9. The summed E-state index contributed by atoms with van der Waals surface area (Å²) >= 11 is 9.86. The largest absolute Gasteiger partial charge is 0.467 e. The summed E-state index contributed by atoms with van der Waals surface area (Å²) < 4.78 is 7.19. The molecule has 0 saturated heterocycles. The van der Waals surface area contributed by atoms with Gasteiger partial charge in [-0.15, -0.1) is 0 Å². The average molecular weight is 410 g/mol. The van der Waals surface area contributed by atoms with E-state index in [1.54, 1.807) is 23.6 Å². The standard InChI is InChI=1S/C17H14BrClN2O3/c1-9-6-13-20-12(10-4-3-5-11(18)7-10)8-21(13)16(19)14(9)15(22)17(23)24-2/h3-8,15,22H,1-2H3. The van der Waals surface area contributed by atoms with Crippen LogP contribution in [0.4, 0.5) is 0 Å². The number of rotatable bonds is 3. The number of aromatic nitrogens is 2. The van der Waals surface area contributed by atoms with E-state index in [9.17, 15) is 9.90 Å². The van der Waals surface area contributed by atoms with Gasteiger partial charge in [0.05, 0.1) is 12.8 Å². The highest BCUT2D eigenvalue weighted by Gasteiger charge is 2.25. The number of methoxy groups -OCH3 is 1. The number of carbonyl (C=O) groups excluding carboxylic acids is 1. The number of imidazole rings is 1. The Hall–Kier alpha value is -1.89. The Morgan fingerprint density at radius 1 is 1.42 bits per heavy atom. The Morgan fingerprint density at radius 3 is 2.83 bits per heavy atom. The number of benzene rings is 1. The molecule has 0 bridgehead atoms. The fraction of sp³-hybridized carbons (Fsp3) is 0.176. The quantitative estimate of drug-likeness (QED) is 0.526. The number of halogens is 2. The van der Waals surface area contributed by atoms with Crippen LogP contribution in [0.15, 0.2) is 41.0 Å². The predicted molar refractivity (Wildman–Crippen MR) is 95.1 cm³/mol. The van der Waals surface area contributed by atoms with Gasteiger partial charge in [-0.2, -0.15) is 0 Å². The molecule has 0 aliphatic heterocycles. The first-order chi connectivity index (χ1) is 11.4. The minimum atomic E-state index is -1.44. The van der Waals surface area contributed by atoms with E-state index in [2.05, 4.69) is 25.7 Å². The summed E-state index contributed by atoms with van der Waals surface area (Å²) in [5.41, 5.74) is 3.28. The van der Waals surface area contributed by atoms with E-state index < -0.39 is 12.1 Å². The molecule has 2 aromatic heterocycles. The van der Waals surface area contributed by atoms with Crippen LogP contribution < -0.4 is 0 Å². The van der Waals surface area contributed by atoms with Crippen LogP contribution in [0, 0.1) is 6.92 Å². The Bertz CT molecular complexity index is 939. The number of ether oxygens (including phenoxy) is 1. The van der Waals surface area contributed by atoms with Crippen LogP contribution in [0.3, 0.4) is 0 Å². The van der Waals surface area contributed by atoms with Gasteiger partial charge in [0.15, 0.2) is 6.10 Å². The lowest BCUT2D eigenvalue weighted by atomic mass is 10.1. The van der Waals surface area contributed by atoms with E-state index in [0.717, 1.165) is 15.7 Å². The first-order valence-electron chi connectivity index (χ1n) is 7.12. The van der Waals surface area contributed by atoms with Crippen LogP contribution in [-0.2, 0) is 9.53 Å². The van der Waals surface area contributed by atoms with Crippen molar-refractivity contribution in [2.75, 3.05) is 7.11 Å². The molecule has 0 aliphatic carbocycles. The maximum atomic E-state index is 11.7. The van der Waals surface area contributed by atoms with Crippen molar-refractivity contribution in [3.05, 3.63) is 57.3 Å². The van der Waals surface area contributed by atoms with Gasteiger partial charge in [-0.3, -0.25) is 4.40 Å². The zero-order valence-electron chi connectivity index (χ0n) is 13.0. The van der Waals surface area contributed by atoms with Crippen molar-refractivity contribution in [1.82, 2.24) is 9.38 Å². The maximum Gasteiger partial charge on any atom is 0.339 e.